The van der Waals surface area contributed by atoms with Crippen LogP contribution in [-0.4, -0.2) is 30.6 Å². The summed E-state index contributed by atoms with van der Waals surface area (Å²) in [4.78, 5) is 28.6. The van der Waals surface area contributed by atoms with Gasteiger partial charge in [0.2, 0.25) is 0 Å². The van der Waals surface area contributed by atoms with Crippen LogP contribution in [0.15, 0.2) is 71.4 Å². The van der Waals surface area contributed by atoms with E-state index in [0.29, 0.717) is 17.7 Å². The minimum absolute atomic E-state index is 0.00792. The highest BCUT2D eigenvalue weighted by Gasteiger charge is 2.26. The van der Waals surface area contributed by atoms with Crippen LogP contribution in [0.5, 0.6) is 0 Å². The van der Waals surface area contributed by atoms with Crippen LogP contribution < -0.4 is 5.32 Å². The maximum absolute atomic E-state index is 12.6. The van der Waals surface area contributed by atoms with Crippen LogP contribution in [0.1, 0.15) is 49.5 Å². The average molecular weight is 405 g/mol. The molecule has 0 aromatic heterocycles. The number of ketones is 1. The largest absolute Gasteiger partial charge is 0.465 e. The number of allylic oxidation sites excluding steroid dienone is 2. The molecular weight excluding hydrogens is 376 g/mol. The Labute approximate surface area is 177 Å². The monoisotopic (exact) mass is 404 g/mol. The van der Waals surface area contributed by atoms with Gasteiger partial charge < -0.3 is 10.1 Å². The molecule has 1 aliphatic carbocycles. The molecular formula is C25H28N2O3. The Morgan fingerprint density at radius 2 is 1.67 bits per heavy atom. The maximum atomic E-state index is 12.6. The first-order valence-electron chi connectivity index (χ1n) is 10.2. The minimum Gasteiger partial charge on any atom is -0.465 e. The van der Waals surface area contributed by atoms with Gasteiger partial charge in [-0.3, -0.25) is 14.6 Å². The zero-order valence-electron chi connectivity index (χ0n) is 17.8. The summed E-state index contributed by atoms with van der Waals surface area (Å²) in [7, 11) is 0. The molecule has 0 heterocycles. The van der Waals surface area contributed by atoms with Gasteiger partial charge in [-0.1, -0.05) is 44.2 Å². The first-order chi connectivity index (χ1) is 14.4. The van der Waals surface area contributed by atoms with E-state index >= 15 is 0 Å². The Balaban J connectivity index is 1.71. The lowest BCUT2D eigenvalue weighted by Gasteiger charge is -2.31. The van der Waals surface area contributed by atoms with Crippen LogP contribution in [-0.2, 0) is 9.53 Å². The Morgan fingerprint density at radius 3 is 2.33 bits per heavy atom. The first-order valence-corrected chi connectivity index (χ1v) is 10.2. The highest BCUT2D eigenvalue weighted by Crippen LogP contribution is 2.34. The number of esters is 1. The molecule has 30 heavy (non-hydrogen) atoms. The van der Waals surface area contributed by atoms with E-state index in [0.717, 1.165) is 29.9 Å². The second-order valence-electron chi connectivity index (χ2n) is 8.20. The van der Waals surface area contributed by atoms with E-state index in [1.807, 2.05) is 60.7 Å². The zero-order chi connectivity index (χ0) is 21.6. The zero-order valence-corrected chi connectivity index (χ0v) is 17.8. The van der Waals surface area contributed by atoms with Gasteiger partial charge in [0.15, 0.2) is 5.78 Å². The third-order valence-electron chi connectivity index (χ3n) is 4.87. The van der Waals surface area contributed by atoms with Crippen molar-refractivity contribution in [2.75, 3.05) is 18.5 Å². The fraction of sp³-hybridized carbons (Fsp3) is 0.320. The predicted octanol–water partition coefficient (Wildman–Crippen LogP) is 5.04. The van der Waals surface area contributed by atoms with Crippen LogP contribution in [0, 0.1) is 5.41 Å². The highest BCUT2D eigenvalue weighted by atomic mass is 16.5. The van der Waals surface area contributed by atoms with E-state index in [1.54, 1.807) is 6.92 Å². The van der Waals surface area contributed by atoms with Gasteiger partial charge in [0.25, 0.3) is 0 Å². The summed E-state index contributed by atoms with van der Waals surface area (Å²) in [5, 5.41) is 3.44. The number of carbonyl (C=O) groups excluding carboxylic acids is 2. The van der Waals surface area contributed by atoms with Crippen LogP contribution in [0.2, 0.25) is 0 Å². The standard InChI is InChI=1S/C25H28N2O3/c1-4-30-23(28)17-26-21-14-22(16-25(2,3)15-21)27-20-12-10-19(11-13-20)24(29)18-8-6-5-7-9-18/h5-14,27H,4,15-17H2,1-3H3. The molecule has 1 N–H and O–H groups in total. The first kappa shape index (κ1) is 21.5. The molecule has 2 aromatic rings. The molecule has 0 fully saturated rings. The summed E-state index contributed by atoms with van der Waals surface area (Å²) in [5.41, 5.74) is 4.20. The van der Waals surface area contributed by atoms with Crippen molar-refractivity contribution in [3.8, 4) is 0 Å². The maximum Gasteiger partial charge on any atom is 0.327 e. The van der Waals surface area contributed by atoms with Crippen molar-refractivity contribution in [2.45, 2.75) is 33.6 Å². The van der Waals surface area contributed by atoms with E-state index in [1.165, 1.54) is 0 Å². The third kappa shape index (κ3) is 5.89. The highest BCUT2D eigenvalue weighted by molar-refractivity contribution is 6.09. The molecule has 2 aromatic carbocycles. The Kier molecular flexibility index (Phi) is 6.83. The van der Waals surface area contributed by atoms with Gasteiger partial charge in [-0.2, -0.15) is 0 Å². The number of hydrogen-bond donors (Lipinski definition) is 1. The summed E-state index contributed by atoms with van der Waals surface area (Å²) in [6.07, 6.45) is 3.69. The van der Waals surface area contributed by atoms with E-state index in [9.17, 15) is 9.59 Å². The Hall–Kier alpha value is -3.21. The molecule has 0 radical (unpaired) electrons. The van der Waals surface area contributed by atoms with Crippen molar-refractivity contribution in [1.29, 1.82) is 0 Å². The minimum atomic E-state index is -0.310. The van der Waals surface area contributed by atoms with Crippen LogP contribution in [0.4, 0.5) is 5.69 Å². The number of aliphatic imine (C=N–C) groups is 1. The smallest absolute Gasteiger partial charge is 0.327 e. The summed E-state index contributed by atoms with van der Waals surface area (Å²) in [6, 6.07) is 16.8. The lowest BCUT2D eigenvalue weighted by molar-refractivity contribution is -0.141. The number of rotatable bonds is 7. The molecule has 0 unspecified atom stereocenters. The van der Waals surface area contributed by atoms with Gasteiger partial charge in [-0.15, -0.1) is 0 Å². The van der Waals surface area contributed by atoms with Crippen LogP contribution >= 0.6 is 0 Å². The van der Waals surface area contributed by atoms with Gasteiger partial charge in [0.1, 0.15) is 6.54 Å². The van der Waals surface area contributed by atoms with Crippen molar-refractivity contribution in [2.24, 2.45) is 10.4 Å². The number of carbonyl (C=O) groups is 2. The second kappa shape index (κ2) is 9.53. The average Bonchev–Trinajstić information content (AvgIpc) is 2.72. The molecule has 0 atom stereocenters. The SMILES string of the molecule is CCOC(=O)CN=C1C=C(Nc2ccc(C(=O)c3ccccc3)cc2)CC(C)(C)C1. The second-order valence-corrected chi connectivity index (χ2v) is 8.20. The fourth-order valence-electron chi connectivity index (χ4n) is 3.57. The topological polar surface area (TPSA) is 67.8 Å². The summed E-state index contributed by atoms with van der Waals surface area (Å²) in [5.74, 6) is -0.302. The predicted molar refractivity (Wildman–Crippen MR) is 120 cm³/mol. The Bertz CT molecular complexity index is 958. The van der Waals surface area contributed by atoms with Crippen molar-refractivity contribution < 1.29 is 14.3 Å². The lowest BCUT2D eigenvalue weighted by atomic mass is 9.78. The molecule has 5 nitrogen and oxygen atoms in total. The third-order valence-corrected chi connectivity index (χ3v) is 4.87. The lowest BCUT2D eigenvalue weighted by Crippen LogP contribution is -2.25. The van der Waals surface area contributed by atoms with Gasteiger partial charge in [-0.05, 0) is 55.5 Å². The van der Waals surface area contributed by atoms with Gasteiger partial charge >= 0.3 is 5.97 Å². The molecule has 0 bridgehead atoms. The number of nitrogens with zero attached hydrogens (tertiary/aromatic N) is 1. The van der Waals surface area contributed by atoms with E-state index in [2.05, 4.69) is 24.2 Å². The van der Waals surface area contributed by atoms with Crippen molar-refractivity contribution in [3.63, 3.8) is 0 Å². The molecule has 0 saturated heterocycles. The molecule has 156 valence electrons. The van der Waals surface area contributed by atoms with Gasteiger partial charge in [0.05, 0.1) is 6.61 Å². The van der Waals surface area contributed by atoms with E-state index < -0.39 is 0 Å². The number of nitrogens with one attached hydrogen (secondary N) is 1. The normalized spacial score (nSPS) is 16.6. The van der Waals surface area contributed by atoms with E-state index in [-0.39, 0.29) is 23.7 Å². The Morgan fingerprint density at radius 1 is 1.00 bits per heavy atom. The summed E-state index contributed by atoms with van der Waals surface area (Å²) >= 11 is 0. The van der Waals surface area contributed by atoms with Crippen molar-refractivity contribution in [3.05, 3.63) is 77.5 Å². The molecule has 1 aliphatic rings. The molecule has 0 saturated carbocycles. The van der Waals surface area contributed by atoms with Gasteiger partial charge in [-0.25, -0.2) is 0 Å². The van der Waals surface area contributed by atoms with E-state index in [4.69, 9.17) is 4.74 Å². The van der Waals surface area contributed by atoms with Crippen LogP contribution in [0.25, 0.3) is 0 Å². The number of ether oxygens (including phenoxy) is 1. The summed E-state index contributed by atoms with van der Waals surface area (Å²) < 4.78 is 4.96. The van der Waals surface area contributed by atoms with Crippen molar-refractivity contribution in [1.82, 2.24) is 0 Å². The molecule has 3 rings (SSSR count). The number of anilines is 1. The summed E-state index contributed by atoms with van der Waals surface area (Å²) in [6.45, 7) is 6.56. The fourth-order valence-corrected chi connectivity index (χ4v) is 3.57. The number of hydrogen-bond acceptors (Lipinski definition) is 5. The molecule has 0 aliphatic heterocycles. The van der Waals surface area contributed by atoms with Gasteiger partial charge in [0, 0.05) is 28.2 Å². The quantitative estimate of drug-likeness (QED) is 0.519. The van der Waals surface area contributed by atoms with Crippen LogP contribution in [0.3, 0.4) is 0 Å². The molecule has 0 amide bonds. The molecule has 5 heteroatoms. The number of benzene rings is 2. The van der Waals surface area contributed by atoms with Crippen molar-refractivity contribution >= 4 is 23.2 Å². The molecule has 0 spiro atoms.